The van der Waals surface area contributed by atoms with Crippen molar-refractivity contribution < 1.29 is 19.3 Å². The number of methoxy groups -OCH3 is 1. The van der Waals surface area contributed by atoms with Gasteiger partial charge >= 0.3 is 5.69 Å². The molecule has 1 saturated heterocycles. The number of hydrogen-bond donors (Lipinski definition) is 1. The molecule has 10 heteroatoms. The summed E-state index contributed by atoms with van der Waals surface area (Å²) in [6.07, 6.45) is 0.274. The van der Waals surface area contributed by atoms with Crippen LogP contribution < -0.4 is 10.2 Å². The van der Waals surface area contributed by atoms with Crippen LogP contribution in [-0.2, 0) is 4.74 Å². The number of benzene rings is 2. The first kappa shape index (κ1) is 20.2. The molecule has 1 aliphatic heterocycles. The monoisotopic (exact) mass is 400 g/mol. The zero-order chi connectivity index (χ0) is 21.2. The van der Waals surface area contributed by atoms with Gasteiger partial charge in [-0.3, -0.25) is 25.7 Å². The zero-order valence-electron chi connectivity index (χ0n) is 16.1. The Kier molecular flexibility index (Phi) is 5.46. The van der Waals surface area contributed by atoms with Crippen LogP contribution in [0.5, 0.6) is 5.75 Å². The van der Waals surface area contributed by atoms with Crippen LogP contribution in [0.2, 0.25) is 0 Å². The van der Waals surface area contributed by atoms with Gasteiger partial charge in [-0.2, -0.15) is 5.10 Å². The molecule has 0 spiro atoms. The van der Waals surface area contributed by atoms with Gasteiger partial charge in [-0.1, -0.05) is 12.1 Å². The molecular formula is C19H20N4O6. The standard InChI is InChI=1S/C19H20N4O6/c1-19(2)18(11-17(29-19)12-4-7-14(28-3)8-5-12)21-20-15-9-6-13(22(24)25)10-16(15)23(26)27/h4-10,17,20H,11H2,1-3H3. The molecule has 2 aromatic rings. The topological polar surface area (TPSA) is 129 Å². The van der Waals surface area contributed by atoms with E-state index in [4.69, 9.17) is 9.47 Å². The molecule has 10 nitrogen and oxygen atoms in total. The van der Waals surface area contributed by atoms with Crippen LogP contribution in [0.1, 0.15) is 31.9 Å². The summed E-state index contributed by atoms with van der Waals surface area (Å²) in [4.78, 5) is 20.8. The van der Waals surface area contributed by atoms with Crippen molar-refractivity contribution in [3.8, 4) is 5.75 Å². The van der Waals surface area contributed by atoms with E-state index >= 15 is 0 Å². The lowest BCUT2D eigenvalue weighted by Crippen LogP contribution is -2.28. The lowest BCUT2D eigenvalue weighted by Gasteiger charge is -2.20. The fourth-order valence-corrected chi connectivity index (χ4v) is 3.08. The quantitative estimate of drug-likeness (QED) is 0.567. The van der Waals surface area contributed by atoms with E-state index in [1.807, 2.05) is 38.1 Å². The molecule has 29 heavy (non-hydrogen) atoms. The van der Waals surface area contributed by atoms with Crippen LogP contribution in [0.25, 0.3) is 0 Å². The number of nitrogens with one attached hydrogen (secondary N) is 1. The number of anilines is 1. The highest BCUT2D eigenvalue weighted by Crippen LogP contribution is 2.38. The van der Waals surface area contributed by atoms with Crippen LogP contribution in [0.3, 0.4) is 0 Å². The number of nitro groups is 2. The van der Waals surface area contributed by atoms with E-state index in [2.05, 4.69) is 10.5 Å². The lowest BCUT2D eigenvalue weighted by molar-refractivity contribution is -0.393. The van der Waals surface area contributed by atoms with Gasteiger partial charge < -0.3 is 9.47 Å². The van der Waals surface area contributed by atoms with Crippen molar-refractivity contribution in [3.05, 3.63) is 68.3 Å². The molecule has 1 aliphatic rings. The Morgan fingerprint density at radius 3 is 2.41 bits per heavy atom. The van der Waals surface area contributed by atoms with Gasteiger partial charge in [-0.05, 0) is 37.6 Å². The smallest absolute Gasteiger partial charge is 0.301 e. The number of nitro benzene ring substituents is 2. The third-order valence-electron chi connectivity index (χ3n) is 4.70. The molecule has 0 amide bonds. The molecule has 3 rings (SSSR count). The third-order valence-corrected chi connectivity index (χ3v) is 4.70. The summed E-state index contributed by atoms with van der Waals surface area (Å²) in [5, 5.41) is 26.4. The Morgan fingerprint density at radius 1 is 1.14 bits per heavy atom. The largest absolute Gasteiger partial charge is 0.497 e. The van der Waals surface area contributed by atoms with Gasteiger partial charge in [0, 0.05) is 12.5 Å². The molecule has 1 fully saturated rings. The van der Waals surface area contributed by atoms with E-state index in [1.165, 1.54) is 12.1 Å². The third kappa shape index (κ3) is 4.32. The molecule has 0 aromatic heterocycles. The zero-order valence-corrected chi connectivity index (χ0v) is 16.1. The van der Waals surface area contributed by atoms with Crippen molar-refractivity contribution in [1.29, 1.82) is 0 Å². The van der Waals surface area contributed by atoms with Crippen molar-refractivity contribution in [3.63, 3.8) is 0 Å². The van der Waals surface area contributed by atoms with E-state index in [0.29, 0.717) is 12.1 Å². The second-order valence-corrected chi connectivity index (χ2v) is 6.98. The second kappa shape index (κ2) is 7.84. The summed E-state index contributed by atoms with van der Waals surface area (Å²) in [6.45, 7) is 3.72. The minimum atomic E-state index is -0.689. The van der Waals surface area contributed by atoms with Gasteiger partial charge in [0.15, 0.2) is 0 Å². The molecule has 0 aliphatic carbocycles. The van der Waals surface area contributed by atoms with Gasteiger partial charge in [0.25, 0.3) is 5.69 Å². The Labute approximate surface area is 166 Å². The predicted octanol–water partition coefficient (Wildman–Crippen LogP) is 4.22. The van der Waals surface area contributed by atoms with E-state index in [1.54, 1.807) is 7.11 Å². The van der Waals surface area contributed by atoms with E-state index in [9.17, 15) is 20.2 Å². The Hall–Kier alpha value is -3.53. The fraction of sp³-hybridized carbons (Fsp3) is 0.316. The molecule has 1 atom stereocenters. The molecule has 1 unspecified atom stereocenters. The summed E-state index contributed by atoms with van der Waals surface area (Å²) in [5.74, 6) is 0.743. The average molecular weight is 400 g/mol. The first-order valence-corrected chi connectivity index (χ1v) is 8.79. The Balaban J connectivity index is 1.83. The second-order valence-electron chi connectivity index (χ2n) is 6.98. The van der Waals surface area contributed by atoms with Crippen molar-refractivity contribution in [1.82, 2.24) is 0 Å². The minimum absolute atomic E-state index is 0.0665. The molecule has 0 bridgehead atoms. The summed E-state index contributed by atoms with van der Waals surface area (Å²) < 4.78 is 11.3. The van der Waals surface area contributed by atoms with Crippen molar-refractivity contribution in [2.24, 2.45) is 5.10 Å². The van der Waals surface area contributed by atoms with Crippen LogP contribution >= 0.6 is 0 Å². The first-order valence-electron chi connectivity index (χ1n) is 8.79. The van der Waals surface area contributed by atoms with Gasteiger partial charge in [-0.25, -0.2) is 0 Å². The van der Waals surface area contributed by atoms with E-state index < -0.39 is 21.1 Å². The Morgan fingerprint density at radius 2 is 1.83 bits per heavy atom. The number of nitrogens with zero attached hydrogens (tertiary/aromatic N) is 3. The van der Waals surface area contributed by atoms with Gasteiger partial charge in [0.05, 0.1) is 34.8 Å². The van der Waals surface area contributed by atoms with E-state index in [-0.39, 0.29) is 17.5 Å². The van der Waals surface area contributed by atoms with Gasteiger partial charge in [0.1, 0.15) is 17.0 Å². The molecular weight excluding hydrogens is 380 g/mol. The highest BCUT2D eigenvalue weighted by Gasteiger charge is 2.39. The minimum Gasteiger partial charge on any atom is -0.497 e. The number of non-ortho nitro benzene ring substituents is 1. The summed E-state index contributed by atoms with van der Waals surface area (Å²) >= 11 is 0. The predicted molar refractivity (Wildman–Crippen MR) is 106 cm³/mol. The average Bonchev–Trinajstić information content (AvgIpc) is 3.00. The van der Waals surface area contributed by atoms with Crippen LogP contribution in [-0.4, -0.2) is 28.3 Å². The molecule has 0 saturated carbocycles. The van der Waals surface area contributed by atoms with Crippen LogP contribution in [0.15, 0.2) is 47.6 Å². The molecule has 1 N–H and O–H groups in total. The maximum atomic E-state index is 11.3. The van der Waals surface area contributed by atoms with Crippen LogP contribution in [0, 0.1) is 20.2 Å². The number of hydrazone groups is 1. The maximum Gasteiger partial charge on any atom is 0.301 e. The van der Waals surface area contributed by atoms with Crippen molar-refractivity contribution >= 4 is 22.8 Å². The highest BCUT2D eigenvalue weighted by atomic mass is 16.6. The highest BCUT2D eigenvalue weighted by molar-refractivity contribution is 5.94. The summed E-state index contributed by atoms with van der Waals surface area (Å²) in [7, 11) is 1.60. The molecule has 2 aromatic carbocycles. The maximum absolute atomic E-state index is 11.3. The number of hydrogen-bond acceptors (Lipinski definition) is 8. The SMILES string of the molecule is COc1ccc(C2CC(=NNc3ccc([N+](=O)[O-])cc3[N+](=O)[O-])C(C)(C)O2)cc1. The molecule has 152 valence electrons. The summed E-state index contributed by atoms with van der Waals surface area (Å²) in [6, 6.07) is 10.9. The van der Waals surface area contributed by atoms with Gasteiger partial charge in [-0.15, -0.1) is 0 Å². The van der Waals surface area contributed by atoms with Crippen LogP contribution in [0.4, 0.5) is 17.1 Å². The number of rotatable bonds is 6. The fourth-order valence-electron chi connectivity index (χ4n) is 3.08. The van der Waals surface area contributed by atoms with Crippen molar-refractivity contribution in [2.45, 2.75) is 32.0 Å². The first-order chi connectivity index (χ1) is 13.7. The van der Waals surface area contributed by atoms with E-state index in [0.717, 1.165) is 17.4 Å². The van der Waals surface area contributed by atoms with Gasteiger partial charge in [0.2, 0.25) is 0 Å². The number of ether oxygens (including phenoxy) is 2. The normalized spacial score (nSPS) is 19.1. The lowest BCUT2D eigenvalue weighted by atomic mass is 10.00. The molecule has 1 heterocycles. The molecule has 0 radical (unpaired) electrons. The van der Waals surface area contributed by atoms with Crippen molar-refractivity contribution in [2.75, 3.05) is 12.5 Å². The Bertz CT molecular complexity index is 971. The summed E-state index contributed by atoms with van der Waals surface area (Å²) in [5.41, 5.74) is 2.90.